The molecule has 0 unspecified atom stereocenters. The predicted molar refractivity (Wildman–Crippen MR) is 95.1 cm³/mol. The molecular weight excluding hydrogens is 318 g/mol. The van der Waals surface area contributed by atoms with E-state index >= 15 is 0 Å². The molecule has 1 aromatic rings. The first-order valence-electron chi connectivity index (χ1n) is 9.55. The normalized spacial score (nSPS) is 22.4. The Morgan fingerprint density at radius 1 is 1.12 bits per heavy atom. The van der Waals surface area contributed by atoms with Gasteiger partial charge in [0.05, 0.1) is 6.54 Å². The van der Waals surface area contributed by atoms with Crippen LogP contribution in [-0.4, -0.2) is 70.1 Å². The number of nitrogens with zero attached hydrogens (tertiary/aromatic N) is 5. The Labute approximate surface area is 150 Å². The molecule has 0 radical (unpaired) electrons. The highest BCUT2D eigenvalue weighted by Crippen LogP contribution is 2.24. The highest BCUT2D eigenvalue weighted by molar-refractivity contribution is 5.74. The molecule has 0 bridgehead atoms. The van der Waals surface area contributed by atoms with Crippen molar-refractivity contribution in [2.24, 2.45) is 0 Å². The number of carbonyl (C=O) groups excluding carboxylic acids is 1. The third-order valence-corrected chi connectivity index (χ3v) is 5.73. The molecule has 1 atom stereocenters. The smallest absolute Gasteiger partial charge is 0.319 e. The van der Waals surface area contributed by atoms with E-state index in [2.05, 4.69) is 22.1 Å². The van der Waals surface area contributed by atoms with Gasteiger partial charge in [-0.05, 0) is 39.2 Å². The lowest BCUT2D eigenvalue weighted by Crippen LogP contribution is -2.45. The Hall–Kier alpha value is -1.63. The summed E-state index contributed by atoms with van der Waals surface area (Å²) in [4.78, 5) is 23.4. The van der Waals surface area contributed by atoms with E-state index in [0.29, 0.717) is 24.5 Å². The van der Waals surface area contributed by atoms with E-state index in [-0.39, 0.29) is 6.03 Å². The molecule has 1 aliphatic heterocycles. The maximum Gasteiger partial charge on any atom is 0.319 e. The zero-order chi connectivity index (χ0) is 17.8. The summed E-state index contributed by atoms with van der Waals surface area (Å²) < 4.78 is 5.05. The van der Waals surface area contributed by atoms with Crippen molar-refractivity contribution in [1.29, 1.82) is 0 Å². The maximum absolute atomic E-state index is 12.8. The van der Waals surface area contributed by atoms with Gasteiger partial charge >= 0.3 is 6.03 Å². The van der Waals surface area contributed by atoms with E-state index in [1.165, 1.54) is 12.8 Å². The third kappa shape index (κ3) is 4.51. The SMILES string of the molecule is Cc1nc(CN(C)[C@@H]2CCCN(C(=O)N(C)C3CCCC3)CC2)no1. The molecule has 2 fully saturated rings. The molecule has 1 saturated heterocycles. The summed E-state index contributed by atoms with van der Waals surface area (Å²) >= 11 is 0. The average molecular weight is 349 g/mol. The Bertz CT molecular complexity index is 570. The highest BCUT2D eigenvalue weighted by Gasteiger charge is 2.29. The van der Waals surface area contributed by atoms with E-state index in [0.717, 1.165) is 51.0 Å². The van der Waals surface area contributed by atoms with Crippen LogP contribution in [0.15, 0.2) is 4.52 Å². The van der Waals surface area contributed by atoms with Gasteiger partial charge in [0.25, 0.3) is 0 Å². The van der Waals surface area contributed by atoms with Crippen LogP contribution in [0.1, 0.15) is 56.7 Å². The van der Waals surface area contributed by atoms with Gasteiger partial charge in [-0.15, -0.1) is 0 Å². The Morgan fingerprint density at radius 3 is 2.52 bits per heavy atom. The molecule has 25 heavy (non-hydrogen) atoms. The molecule has 0 N–H and O–H groups in total. The lowest BCUT2D eigenvalue weighted by atomic mass is 10.1. The molecule has 7 heteroatoms. The molecule has 2 amide bonds. The number of rotatable bonds is 4. The summed E-state index contributed by atoms with van der Waals surface area (Å²) in [7, 11) is 4.09. The summed E-state index contributed by atoms with van der Waals surface area (Å²) in [6, 6.07) is 1.10. The molecular formula is C18H31N5O2. The van der Waals surface area contributed by atoms with E-state index < -0.39 is 0 Å². The zero-order valence-corrected chi connectivity index (χ0v) is 15.8. The van der Waals surface area contributed by atoms with Gasteiger partial charge in [-0.2, -0.15) is 4.98 Å². The predicted octanol–water partition coefficient (Wildman–Crippen LogP) is 2.66. The van der Waals surface area contributed by atoms with Crippen LogP contribution in [0.25, 0.3) is 0 Å². The summed E-state index contributed by atoms with van der Waals surface area (Å²) in [6.45, 7) is 4.20. The fraction of sp³-hybridized carbons (Fsp3) is 0.833. The van der Waals surface area contributed by atoms with Crippen LogP contribution in [0.2, 0.25) is 0 Å². The second-order valence-corrected chi connectivity index (χ2v) is 7.55. The first-order chi connectivity index (χ1) is 12.0. The number of urea groups is 1. The van der Waals surface area contributed by atoms with Crippen molar-refractivity contribution in [3.63, 3.8) is 0 Å². The highest BCUT2D eigenvalue weighted by atomic mass is 16.5. The molecule has 0 spiro atoms. The fourth-order valence-electron chi connectivity index (χ4n) is 4.14. The topological polar surface area (TPSA) is 65.7 Å². The number of aryl methyl sites for hydroxylation is 1. The molecule has 3 rings (SSSR count). The lowest BCUT2D eigenvalue weighted by molar-refractivity contribution is 0.146. The summed E-state index contributed by atoms with van der Waals surface area (Å²) in [5.41, 5.74) is 0. The van der Waals surface area contributed by atoms with Gasteiger partial charge in [-0.25, -0.2) is 4.79 Å². The molecule has 140 valence electrons. The van der Waals surface area contributed by atoms with E-state index in [1.807, 2.05) is 23.8 Å². The number of amides is 2. The monoisotopic (exact) mass is 349 g/mol. The minimum absolute atomic E-state index is 0.212. The largest absolute Gasteiger partial charge is 0.340 e. The standard InChI is InChI=1S/C18H31N5O2/c1-14-19-17(20-25-14)13-21(2)15-9-6-11-23(12-10-15)18(24)22(3)16-7-4-5-8-16/h15-16H,4-13H2,1-3H3/t15-/m1/s1. The minimum atomic E-state index is 0.212. The average Bonchev–Trinajstić information content (AvgIpc) is 3.20. The molecule has 1 aliphatic carbocycles. The van der Waals surface area contributed by atoms with Gasteiger partial charge in [0.15, 0.2) is 5.82 Å². The fourth-order valence-corrected chi connectivity index (χ4v) is 4.14. The van der Waals surface area contributed by atoms with Crippen LogP contribution in [0, 0.1) is 6.92 Å². The van der Waals surface area contributed by atoms with Gasteiger partial charge < -0.3 is 14.3 Å². The first kappa shape index (κ1) is 18.2. The molecule has 1 aromatic heterocycles. The number of aromatic nitrogens is 2. The number of likely N-dealkylation sites (tertiary alicyclic amines) is 1. The Kier molecular flexibility index (Phi) is 5.93. The van der Waals surface area contributed by atoms with Crippen molar-refractivity contribution >= 4 is 6.03 Å². The van der Waals surface area contributed by atoms with Crippen LogP contribution >= 0.6 is 0 Å². The third-order valence-electron chi connectivity index (χ3n) is 5.73. The molecule has 2 aliphatic rings. The van der Waals surface area contributed by atoms with Gasteiger partial charge in [0.1, 0.15) is 0 Å². The molecule has 2 heterocycles. The van der Waals surface area contributed by atoms with Crippen molar-refractivity contribution in [2.45, 2.75) is 70.5 Å². The Balaban J connectivity index is 1.51. The van der Waals surface area contributed by atoms with Gasteiger partial charge in [0, 0.05) is 39.1 Å². The van der Waals surface area contributed by atoms with Crippen molar-refractivity contribution in [1.82, 2.24) is 24.8 Å². The van der Waals surface area contributed by atoms with E-state index in [9.17, 15) is 4.79 Å². The van der Waals surface area contributed by atoms with Gasteiger partial charge in [-0.1, -0.05) is 18.0 Å². The van der Waals surface area contributed by atoms with Crippen LogP contribution in [0.3, 0.4) is 0 Å². The van der Waals surface area contributed by atoms with Crippen molar-refractivity contribution in [3.05, 3.63) is 11.7 Å². The quantitative estimate of drug-likeness (QED) is 0.836. The van der Waals surface area contributed by atoms with E-state index in [4.69, 9.17) is 4.52 Å². The Morgan fingerprint density at radius 2 is 1.84 bits per heavy atom. The lowest BCUT2D eigenvalue weighted by Gasteiger charge is -2.31. The minimum Gasteiger partial charge on any atom is -0.340 e. The number of carbonyl (C=O) groups is 1. The van der Waals surface area contributed by atoms with E-state index in [1.54, 1.807) is 0 Å². The van der Waals surface area contributed by atoms with Crippen molar-refractivity contribution in [2.75, 3.05) is 27.2 Å². The maximum atomic E-state index is 12.8. The first-order valence-corrected chi connectivity index (χ1v) is 9.55. The summed E-state index contributed by atoms with van der Waals surface area (Å²) in [5.74, 6) is 1.34. The number of hydrogen-bond acceptors (Lipinski definition) is 5. The molecule has 0 aromatic carbocycles. The summed E-state index contributed by atoms with van der Waals surface area (Å²) in [6.07, 6.45) is 7.97. The molecule has 1 saturated carbocycles. The summed E-state index contributed by atoms with van der Waals surface area (Å²) in [5, 5.41) is 3.99. The van der Waals surface area contributed by atoms with Crippen molar-refractivity contribution in [3.8, 4) is 0 Å². The van der Waals surface area contributed by atoms with Crippen LogP contribution in [0.4, 0.5) is 4.79 Å². The molecule has 7 nitrogen and oxygen atoms in total. The van der Waals surface area contributed by atoms with Gasteiger partial charge in [0.2, 0.25) is 5.89 Å². The van der Waals surface area contributed by atoms with Crippen molar-refractivity contribution < 1.29 is 9.32 Å². The van der Waals surface area contributed by atoms with Crippen LogP contribution < -0.4 is 0 Å². The number of hydrogen-bond donors (Lipinski definition) is 0. The second-order valence-electron chi connectivity index (χ2n) is 7.55. The zero-order valence-electron chi connectivity index (χ0n) is 15.8. The second kappa shape index (κ2) is 8.17. The van der Waals surface area contributed by atoms with Crippen LogP contribution in [-0.2, 0) is 6.54 Å². The van der Waals surface area contributed by atoms with Crippen LogP contribution in [0.5, 0.6) is 0 Å². The van der Waals surface area contributed by atoms with Gasteiger partial charge in [-0.3, -0.25) is 4.90 Å².